The number of nitrogens with two attached hydrogens (primary N) is 1. The van der Waals surface area contributed by atoms with E-state index in [0.717, 1.165) is 17.2 Å². The van der Waals surface area contributed by atoms with E-state index >= 15 is 0 Å². The van der Waals surface area contributed by atoms with Gasteiger partial charge in [0.2, 0.25) is 0 Å². The van der Waals surface area contributed by atoms with E-state index in [1.165, 1.54) is 0 Å². The van der Waals surface area contributed by atoms with Crippen molar-refractivity contribution in [1.29, 1.82) is 0 Å². The summed E-state index contributed by atoms with van der Waals surface area (Å²) >= 11 is 0. The van der Waals surface area contributed by atoms with E-state index in [9.17, 15) is 38.6 Å². The van der Waals surface area contributed by atoms with Gasteiger partial charge in [0.05, 0.1) is 6.33 Å². The van der Waals surface area contributed by atoms with Crippen molar-refractivity contribution < 1.29 is 61.6 Å². The number of rotatable bonds is 8. The number of ether oxygens (including phenoxy) is 1. The highest BCUT2D eigenvalue weighted by Gasteiger charge is 2.48. The zero-order chi connectivity index (χ0) is 23.2. The summed E-state index contributed by atoms with van der Waals surface area (Å²) in [7, 11) is -16.6. The van der Waals surface area contributed by atoms with Crippen molar-refractivity contribution in [3.05, 3.63) is 12.7 Å². The first-order valence-electron chi connectivity index (χ1n) is 7.85. The molecule has 0 aliphatic carbocycles. The average Bonchev–Trinajstić information content (AvgIpc) is 3.16. The van der Waals surface area contributed by atoms with Crippen molar-refractivity contribution in [1.82, 2.24) is 19.5 Å². The van der Waals surface area contributed by atoms with Crippen LogP contribution in [0.15, 0.2) is 12.7 Å². The highest BCUT2D eigenvalue weighted by Crippen LogP contribution is 2.56. The fraction of sp³-hybridized carbons (Fsp3) is 0.500. The predicted octanol–water partition coefficient (Wildman–Crippen LogP) is -2.89. The number of aromatic nitrogens is 4. The number of anilines is 1. The van der Waals surface area contributed by atoms with Crippen LogP contribution < -0.4 is 15.5 Å². The number of phosphoric ester groups is 1. The van der Waals surface area contributed by atoms with Crippen LogP contribution in [0.1, 0.15) is 6.23 Å². The molecule has 7 unspecified atom stereocenters. The van der Waals surface area contributed by atoms with E-state index in [4.69, 9.17) is 15.4 Å². The summed E-state index contributed by atoms with van der Waals surface area (Å²) in [6.45, 7) is 0. The molecule has 0 saturated carbocycles. The molecule has 7 atom stereocenters. The molecule has 0 bridgehead atoms. The minimum absolute atomic E-state index is 0.0105. The number of phosphoric acid groups is 2. The number of hydrogen-bond acceptors (Lipinski definition) is 15. The lowest BCUT2D eigenvalue weighted by molar-refractivity contribution is -0.240. The minimum atomic E-state index is -5.76. The summed E-state index contributed by atoms with van der Waals surface area (Å²) in [6.07, 6.45) is -6.45. The van der Waals surface area contributed by atoms with Gasteiger partial charge in [-0.1, -0.05) is 0 Å². The van der Waals surface area contributed by atoms with Crippen LogP contribution in [0.25, 0.3) is 11.2 Å². The highest BCUT2D eigenvalue weighted by atomic mass is 31.3. The van der Waals surface area contributed by atoms with E-state index in [1.807, 2.05) is 0 Å². The molecule has 18 nitrogen and oxygen atoms in total. The number of fused-ring (bicyclic) bond motifs is 1. The van der Waals surface area contributed by atoms with Gasteiger partial charge in [0.25, 0.3) is 15.6 Å². The summed E-state index contributed by atoms with van der Waals surface area (Å²) in [4.78, 5) is 51.3. The molecule has 2 aromatic rings. The summed E-state index contributed by atoms with van der Waals surface area (Å²) in [5.74, 6) is 0.0105. The molecular formula is C10H14N5O13P3-2. The predicted molar refractivity (Wildman–Crippen MR) is 91.0 cm³/mol. The van der Waals surface area contributed by atoms with Gasteiger partial charge in [-0.2, -0.15) is 0 Å². The van der Waals surface area contributed by atoms with Gasteiger partial charge in [0.1, 0.15) is 24.1 Å². The number of aliphatic hydroxyl groups excluding tert-OH is 2. The smallest absolute Gasteiger partial charge is 0.356 e. The fourth-order valence-electron chi connectivity index (χ4n) is 2.49. The number of imidazole rings is 1. The Morgan fingerprint density at radius 1 is 1.16 bits per heavy atom. The van der Waals surface area contributed by atoms with E-state index in [1.54, 1.807) is 0 Å². The highest BCUT2D eigenvalue weighted by molar-refractivity contribution is 7.60. The van der Waals surface area contributed by atoms with Crippen molar-refractivity contribution in [3.63, 3.8) is 0 Å². The SMILES string of the molecule is Nc1ncnc2c1ncn2C1OC(OP(=O)(O)COP(=O)([O-])OP(=O)([O-])O)C(O)C1O. The first-order chi connectivity index (χ1) is 14.2. The summed E-state index contributed by atoms with van der Waals surface area (Å²) in [5, 5.41) is 20.3. The van der Waals surface area contributed by atoms with Crippen molar-refractivity contribution in [2.75, 3.05) is 12.1 Å². The molecule has 21 heteroatoms. The largest absolute Gasteiger partial charge is 0.756 e. The van der Waals surface area contributed by atoms with Crippen molar-refractivity contribution in [3.8, 4) is 0 Å². The molecule has 2 aromatic heterocycles. The van der Waals surface area contributed by atoms with E-state index in [-0.39, 0.29) is 17.0 Å². The first-order valence-corrected chi connectivity index (χ1v) is 12.6. The van der Waals surface area contributed by atoms with Gasteiger partial charge in [-0.15, -0.1) is 0 Å². The van der Waals surface area contributed by atoms with Crippen molar-refractivity contribution >= 4 is 40.2 Å². The van der Waals surface area contributed by atoms with Crippen LogP contribution in [0.4, 0.5) is 5.82 Å². The van der Waals surface area contributed by atoms with E-state index in [2.05, 4.69) is 28.3 Å². The zero-order valence-corrected chi connectivity index (χ0v) is 17.5. The quantitative estimate of drug-likeness (QED) is 0.225. The normalized spacial score (nSPS) is 30.0. The second-order valence-electron chi connectivity index (χ2n) is 5.96. The standard InChI is InChI=1S/C10H16N5O13P3/c11-7-4-8(13-1-12-7)15(2-14-4)9-5(16)6(17)10(26-9)27-29(18,19)3-25-31(23,24)28-30(20,21)22/h1-2,5-6,9-10,16-17H,3H2,(H,18,19)(H,23,24)(H2,11,12,13)(H2,20,21,22)/p-2. The Balaban J connectivity index is 1.71. The first kappa shape index (κ1) is 24.3. The van der Waals surface area contributed by atoms with Gasteiger partial charge in [-0.05, 0) is 0 Å². The van der Waals surface area contributed by atoms with Gasteiger partial charge in [-0.25, -0.2) is 19.3 Å². The third-order valence-electron chi connectivity index (χ3n) is 3.71. The third-order valence-corrected chi connectivity index (χ3v) is 6.97. The lowest BCUT2D eigenvalue weighted by atomic mass is 10.2. The number of nitrogen functional groups attached to an aromatic ring is 1. The Bertz CT molecular complexity index is 1100. The minimum Gasteiger partial charge on any atom is -0.756 e. The molecule has 0 amide bonds. The molecule has 1 fully saturated rings. The van der Waals surface area contributed by atoms with Gasteiger partial charge in [-0.3, -0.25) is 22.8 Å². The maximum absolute atomic E-state index is 12.0. The van der Waals surface area contributed by atoms with Crippen LogP contribution >= 0.6 is 23.2 Å². The molecule has 0 aromatic carbocycles. The molecule has 1 saturated heterocycles. The molecule has 6 N–H and O–H groups in total. The maximum Gasteiger partial charge on any atom is 0.356 e. The van der Waals surface area contributed by atoms with Gasteiger partial charge >= 0.3 is 7.60 Å². The maximum atomic E-state index is 12.0. The summed E-state index contributed by atoms with van der Waals surface area (Å²) < 4.78 is 51.8. The third kappa shape index (κ3) is 5.71. The Hall–Kier alpha value is -1.36. The van der Waals surface area contributed by atoms with Crippen molar-refractivity contribution in [2.24, 2.45) is 0 Å². The summed E-state index contributed by atoms with van der Waals surface area (Å²) in [6, 6.07) is 0. The molecule has 3 heterocycles. The van der Waals surface area contributed by atoms with E-state index < -0.39 is 54.3 Å². The lowest BCUT2D eigenvalue weighted by Crippen LogP contribution is -2.32. The molecule has 0 spiro atoms. The molecule has 0 radical (unpaired) electrons. The molecule has 31 heavy (non-hydrogen) atoms. The van der Waals surface area contributed by atoms with Crippen LogP contribution in [0.5, 0.6) is 0 Å². The summed E-state index contributed by atoms with van der Waals surface area (Å²) in [5.41, 5.74) is 5.88. The molecule has 174 valence electrons. The number of hydrogen-bond donors (Lipinski definition) is 5. The Morgan fingerprint density at radius 2 is 1.84 bits per heavy atom. The van der Waals surface area contributed by atoms with Crippen LogP contribution in [0.2, 0.25) is 0 Å². The second-order valence-corrected chi connectivity index (χ2v) is 10.4. The number of nitrogens with zero attached hydrogens (tertiary/aromatic N) is 4. The second kappa shape index (κ2) is 8.53. The fourth-order valence-corrected chi connectivity index (χ4v) is 5.40. The van der Waals surface area contributed by atoms with Crippen LogP contribution in [-0.2, 0) is 31.8 Å². The molecule has 1 aliphatic heterocycles. The van der Waals surface area contributed by atoms with Gasteiger partial charge in [0, 0.05) is 0 Å². The topological polar surface area (TPSA) is 285 Å². The lowest BCUT2D eigenvalue weighted by Gasteiger charge is -2.28. The monoisotopic (exact) mass is 505 g/mol. The van der Waals surface area contributed by atoms with Crippen LogP contribution in [-0.4, -0.2) is 64.4 Å². The Labute approximate surface area is 171 Å². The van der Waals surface area contributed by atoms with Gasteiger partial charge < -0.3 is 44.8 Å². The average molecular weight is 505 g/mol. The van der Waals surface area contributed by atoms with E-state index in [0.29, 0.717) is 0 Å². The Kier molecular flexibility index (Phi) is 6.68. The molecule has 1 aliphatic rings. The molecule has 3 rings (SSSR count). The zero-order valence-electron chi connectivity index (χ0n) is 14.8. The van der Waals surface area contributed by atoms with Crippen LogP contribution in [0, 0.1) is 0 Å². The van der Waals surface area contributed by atoms with Crippen molar-refractivity contribution in [2.45, 2.75) is 24.7 Å². The van der Waals surface area contributed by atoms with Crippen LogP contribution in [0.3, 0.4) is 0 Å². The number of aliphatic hydroxyl groups is 2. The molecular weight excluding hydrogens is 491 g/mol. The Morgan fingerprint density at radius 3 is 2.48 bits per heavy atom. The van der Waals surface area contributed by atoms with Gasteiger partial charge in [0.15, 0.2) is 30.3 Å².